The molecule has 0 radical (unpaired) electrons. The van der Waals surface area contributed by atoms with Gasteiger partial charge in [0.05, 0.1) is 28.8 Å². The van der Waals surface area contributed by atoms with E-state index in [1.807, 2.05) is 45.0 Å². The van der Waals surface area contributed by atoms with Crippen molar-refractivity contribution in [3.8, 4) is 5.75 Å². The van der Waals surface area contributed by atoms with Crippen LogP contribution in [0.5, 0.6) is 5.75 Å². The first-order chi connectivity index (χ1) is 15.7. The summed E-state index contributed by atoms with van der Waals surface area (Å²) in [5, 5.41) is 11.6. The fraction of sp³-hybridized carbons (Fsp3) is 0.360. The Labute approximate surface area is 204 Å². The largest absolute Gasteiger partial charge is 0.507 e. The van der Waals surface area contributed by atoms with E-state index in [0.29, 0.717) is 13.1 Å². The van der Waals surface area contributed by atoms with Crippen molar-refractivity contribution in [3.63, 3.8) is 0 Å². The first kappa shape index (κ1) is 25.1. The highest BCUT2D eigenvalue weighted by atomic mass is 35.5. The molecule has 176 valence electrons. The van der Waals surface area contributed by atoms with E-state index in [0.717, 1.165) is 24.2 Å². The number of carbonyl (C=O) groups is 2. The lowest BCUT2D eigenvalue weighted by atomic mass is 9.92. The predicted molar refractivity (Wildman–Crippen MR) is 131 cm³/mol. The van der Waals surface area contributed by atoms with E-state index in [1.54, 1.807) is 4.90 Å². The van der Waals surface area contributed by atoms with E-state index in [-0.39, 0.29) is 32.7 Å². The number of Topliss-reactive ketones (excluding diaryl/α,β-unsaturated/α-hetero) is 1. The maximum absolute atomic E-state index is 13.2. The van der Waals surface area contributed by atoms with Gasteiger partial charge in [0.1, 0.15) is 5.76 Å². The quantitative estimate of drug-likeness (QED) is 0.317. The minimum Gasteiger partial charge on any atom is -0.507 e. The lowest BCUT2D eigenvalue weighted by Crippen LogP contribution is -2.38. The molecule has 0 aliphatic carbocycles. The Kier molecular flexibility index (Phi) is 8.05. The summed E-state index contributed by atoms with van der Waals surface area (Å²) in [4.78, 5) is 30.0. The summed E-state index contributed by atoms with van der Waals surface area (Å²) in [6.45, 7) is 8.65. The van der Waals surface area contributed by atoms with Crippen LogP contribution in [-0.2, 0) is 9.59 Å². The molecule has 1 unspecified atom stereocenters. The van der Waals surface area contributed by atoms with E-state index in [2.05, 4.69) is 4.90 Å². The predicted octanol–water partition coefficient (Wildman–Crippen LogP) is 5.07. The summed E-state index contributed by atoms with van der Waals surface area (Å²) in [6, 6.07) is 9.76. The van der Waals surface area contributed by atoms with Crippen LogP contribution in [0.15, 0.2) is 42.0 Å². The van der Waals surface area contributed by atoms with Crippen LogP contribution in [0, 0.1) is 6.92 Å². The second kappa shape index (κ2) is 10.6. The summed E-state index contributed by atoms with van der Waals surface area (Å²) in [7, 11) is 1.44. The molecule has 1 aliphatic rings. The normalized spacial score (nSPS) is 17.8. The Morgan fingerprint density at radius 2 is 1.73 bits per heavy atom. The lowest BCUT2D eigenvalue weighted by molar-refractivity contribution is -0.140. The number of likely N-dealkylation sites (tertiary alicyclic amines) is 1. The highest BCUT2D eigenvalue weighted by Crippen LogP contribution is 2.42. The van der Waals surface area contributed by atoms with E-state index >= 15 is 0 Å². The fourth-order valence-electron chi connectivity index (χ4n) is 4.16. The number of halogens is 2. The van der Waals surface area contributed by atoms with Gasteiger partial charge in [-0.2, -0.15) is 0 Å². The molecular weight excluding hydrogens is 463 g/mol. The van der Waals surface area contributed by atoms with Gasteiger partial charge >= 0.3 is 0 Å². The molecule has 1 amide bonds. The van der Waals surface area contributed by atoms with Crippen LogP contribution in [-0.4, -0.2) is 59.9 Å². The van der Waals surface area contributed by atoms with E-state index < -0.39 is 17.7 Å². The van der Waals surface area contributed by atoms with Crippen LogP contribution < -0.4 is 4.74 Å². The number of likely N-dealkylation sites (N-methyl/N-ethyl adjacent to an activating group) is 1. The molecule has 3 rings (SSSR count). The number of amides is 1. The minimum atomic E-state index is -0.733. The van der Waals surface area contributed by atoms with Gasteiger partial charge in [0.25, 0.3) is 11.7 Å². The number of benzene rings is 2. The molecule has 8 heteroatoms. The topological polar surface area (TPSA) is 70.1 Å². The van der Waals surface area contributed by atoms with Crippen LogP contribution >= 0.6 is 23.2 Å². The Morgan fingerprint density at radius 1 is 1.12 bits per heavy atom. The number of methoxy groups -OCH3 is 1. The van der Waals surface area contributed by atoms with Gasteiger partial charge in [-0.25, -0.2) is 0 Å². The number of hydrogen-bond donors (Lipinski definition) is 1. The first-order valence-corrected chi connectivity index (χ1v) is 11.6. The van der Waals surface area contributed by atoms with Crippen molar-refractivity contribution in [1.82, 2.24) is 9.80 Å². The molecule has 1 aliphatic heterocycles. The lowest BCUT2D eigenvalue weighted by Gasteiger charge is -2.29. The van der Waals surface area contributed by atoms with Gasteiger partial charge in [0.2, 0.25) is 0 Å². The Balaban J connectivity index is 2.17. The van der Waals surface area contributed by atoms with Crippen molar-refractivity contribution >= 4 is 40.7 Å². The summed E-state index contributed by atoms with van der Waals surface area (Å²) in [5.41, 5.74) is 1.95. The van der Waals surface area contributed by atoms with Crippen molar-refractivity contribution in [2.75, 3.05) is 33.3 Å². The summed E-state index contributed by atoms with van der Waals surface area (Å²) >= 11 is 12.5. The van der Waals surface area contributed by atoms with Gasteiger partial charge in [-0.05, 0) is 43.3 Å². The molecule has 1 heterocycles. The zero-order chi connectivity index (χ0) is 24.3. The molecule has 0 spiro atoms. The number of ketones is 1. The molecule has 0 aromatic heterocycles. The molecule has 0 bridgehead atoms. The Hall–Kier alpha value is -2.54. The average molecular weight is 491 g/mol. The van der Waals surface area contributed by atoms with Gasteiger partial charge in [-0.3, -0.25) is 9.59 Å². The first-order valence-electron chi connectivity index (χ1n) is 10.8. The number of aliphatic hydroxyl groups is 1. The maximum atomic E-state index is 13.2. The maximum Gasteiger partial charge on any atom is 0.295 e. The highest BCUT2D eigenvalue weighted by molar-refractivity contribution is 6.46. The molecule has 0 saturated carbocycles. The van der Waals surface area contributed by atoms with Crippen molar-refractivity contribution in [2.24, 2.45) is 0 Å². The average Bonchev–Trinajstić information content (AvgIpc) is 3.04. The smallest absolute Gasteiger partial charge is 0.295 e. The van der Waals surface area contributed by atoms with Crippen molar-refractivity contribution in [3.05, 3.63) is 68.7 Å². The molecule has 1 saturated heterocycles. The number of carbonyl (C=O) groups excluding carboxylic acids is 2. The molecule has 1 atom stereocenters. The number of hydrogen-bond acceptors (Lipinski definition) is 5. The number of ether oxygens (including phenoxy) is 1. The van der Waals surface area contributed by atoms with Crippen LogP contribution in [0.2, 0.25) is 10.0 Å². The van der Waals surface area contributed by atoms with Crippen LogP contribution in [0.1, 0.15) is 36.6 Å². The summed E-state index contributed by atoms with van der Waals surface area (Å²) in [6.07, 6.45) is 0. The molecule has 6 nitrogen and oxygen atoms in total. The summed E-state index contributed by atoms with van der Waals surface area (Å²) < 4.78 is 5.18. The van der Waals surface area contributed by atoms with Crippen LogP contribution in [0.3, 0.4) is 0 Å². The zero-order valence-corrected chi connectivity index (χ0v) is 20.7. The van der Waals surface area contributed by atoms with Crippen LogP contribution in [0.25, 0.3) is 5.76 Å². The third-order valence-electron chi connectivity index (χ3n) is 6.05. The monoisotopic (exact) mass is 490 g/mol. The fourth-order valence-corrected chi connectivity index (χ4v) is 4.81. The van der Waals surface area contributed by atoms with Crippen molar-refractivity contribution < 1.29 is 19.4 Å². The minimum absolute atomic E-state index is 0.0196. The van der Waals surface area contributed by atoms with E-state index in [9.17, 15) is 14.7 Å². The third kappa shape index (κ3) is 4.88. The molecular formula is C25H28Cl2N2O4. The van der Waals surface area contributed by atoms with Crippen molar-refractivity contribution in [1.29, 1.82) is 0 Å². The summed E-state index contributed by atoms with van der Waals surface area (Å²) in [5.74, 6) is -1.42. The number of aliphatic hydroxyl groups excluding tert-OH is 1. The van der Waals surface area contributed by atoms with Crippen LogP contribution in [0.4, 0.5) is 0 Å². The third-order valence-corrected chi connectivity index (χ3v) is 6.61. The molecule has 1 N–H and O–H groups in total. The Bertz CT molecular complexity index is 1070. The van der Waals surface area contributed by atoms with Gasteiger partial charge < -0.3 is 19.6 Å². The number of nitrogens with zero attached hydrogens (tertiary/aromatic N) is 2. The Morgan fingerprint density at radius 3 is 2.27 bits per heavy atom. The molecule has 2 aromatic rings. The molecule has 1 fully saturated rings. The zero-order valence-electron chi connectivity index (χ0n) is 19.2. The van der Waals surface area contributed by atoms with Crippen molar-refractivity contribution in [2.45, 2.75) is 26.8 Å². The standard InChI is InChI=1S/C25H28Cl2N2O4/c1-5-28(6-2)11-12-29-21(17-10-8-7-9-15(17)3)20(23(31)25(29)32)22(30)16-13-18(26)24(33-4)19(27)14-16/h7-10,13-14,21,30H,5-6,11-12H2,1-4H3/b22-20+. The molecule has 2 aromatic carbocycles. The number of rotatable bonds is 8. The highest BCUT2D eigenvalue weighted by Gasteiger charge is 2.46. The van der Waals surface area contributed by atoms with Gasteiger partial charge in [0.15, 0.2) is 5.75 Å². The SMILES string of the molecule is CCN(CC)CCN1C(=O)C(=O)/C(=C(/O)c2cc(Cl)c(OC)c(Cl)c2)C1c1ccccc1C. The van der Waals surface area contributed by atoms with E-state index in [1.165, 1.54) is 19.2 Å². The van der Waals surface area contributed by atoms with E-state index in [4.69, 9.17) is 27.9 Å². The second-order valence-corrected chi connectivity index (χ2v) is 8.66. The van der Waals surface area contributed by atoms with Gasteiger partial charge in [0, 0.05) is 18.7 Å². The molecule has 33 heavy (non-hydrogen) atoms. The van der Waals surface area contributed by atoms with Gasteiger partial charge in [-0.1, -0.05) is 61.3 Å². The van der Waals surface area contributed by atoms with Gasteiger partial charge in [-0.15, -0.1) is 0 Å². The second-order valence-electron chi connectivity index (χ2n) is 7.85. The number of aryl methyl sites for hydroxylation is 1.